The zero-order valence-electron chi connectivity index (χ0n) is 10.9. The number of carbonyl (C=O) groups is 1. The van der Waals surface area contributed by atoms with Gasteiger partial charge in [-0.05, 0) is 37.1 Å². The maximum atomic E-state index is 11.4. The lowest BCUT2D eigenvalue weighted by Crippen LogP contribution is -2.12. The first-order valence-corrected chi connectivity index (χ1v) is 6.10. The normalized spacial score (nSPS) is 10.3. The van der Waals surface area contributed by atoms with E-state index in [2.05, 4.69) is 9.97 Å². The Morgan fingerprint density at radius 3 is 2.50 bits per heavy atom. The molecule has 1 aromatic heterocycles. The Morgan fingerprint density at radius 1 is 1.35 bits per heavy atom. The van der Waals surface area contributed by atoms with E-state index >= 15 is 0 Å². The van der Waals surface area contributed by atoms with Gasteiger partial charge in [0.25, 0.3) is 5.56 Å². The maximum Gasteiger partial charge on any atom is 0.273 e. The van der Waals surface area contributed by atoms with Crippen LogP contribution in [0.2, 0.25) is 5.02 Å². The molecule has 0 spiro atoms. The second-order valence-corrected chi connectivity index (χ2v) is 4.63. The van der Waals surface area contributed by atoms with Gasteiger partial charge >= 0.3 is 0 Å². The van der Waals surface area contributed by atoms with Crippen LogP contribution >= 0.6 is 11.6 Å². The van der Waals surface area contributed by atoms with E-state index in [0.29, 0.717) is 22.4 Å². The number of halogens is 1. The minimum absolute atomic E-state index is 0.00782. The summed E-state index contributed by atoms with van der Waals surface area (Å²) in [5.74, 6) is -0.0292. The molecule has 0 aliphatic carbocycles. The fourth-order valence-corrected chi connectivity index (χ4v) is 1.93. The molecule has 0 aliphatic heterocycles. The van der Waals surface area contributed by atoms with Crippen molar-refractivity contribution in [1.29, 1.82) is 0 Å². The van der Waals surface area contributed by atoms with E-state index in [1.165, 1.54) is 6.33 Å². The number of hydrogen-bond donors (Lipinski definition) is 2. The standard InChI is InChI=1S/C13H12ClN3O3/c1-6-3-8(11(15)18)4-7(2)10(6)20-13-9(14)12(19)16-5-17-13/h3-5H,1-2H3,(H2,15,18)(H,16,17,19). The molecule has 2 rings (SSSR count). The Bertz CT molecular complexity index is 717. The van der Waals surface area contributed by atoms with Crippen LogP contribution < -0.4 is 16.0 Å². The molecular formula is C13H12ClN3O3. The zero-order chi connectivity index (χ0) is 14.9. The van der Waals surface area contributed by atoms with Crippen molar-refractivity contribution in [3.05, 3.63) is 50.5 Å². The highest BCUT2D eigenvalue weighted by Gasteiger charge is 2.14. The quantitative estimate of drug-likeness (QED) is 0.903. The highest BCUT2D eigenvalue weighted by atomic mass is 35.5. The first-order chi connectivity index (χ1) is 9.40. The van der Waals surface area contributed by atoms with Crippen LogP contribution in [0.3, 0.4) is 0 Å². The van der Waals surface area contributed by atoms with E-state index in [1.54, 1.807) is 26.0 Å². The average molecular weight is 294 g/mol. The number of primary amides is 1. The molecule has 0 saturated heterocycles. The van der Waals surface area contributed by atoms with E-state index in [4.69, 9.17) is 22.1 Å². The molecule has 1 heterocycles. The number of nitrogens with zero attached hydrogens (tertiary/aromatic N) is 1. The minimum Gasteiger partial charge on any atom is -0.437 e. The van der Waals surface area contributed by atoms with E-state index in [1.807, 2.05) is 0 Å². The van der Waals surface area contributed by atoms with Crippen molar-refractivity contribution in [1.82, 2.24) is 9.97 Å². The van der Waals surface area contributed by atoms with E-state index in [0.717, 1.165) is 0 Å². The highest BCUT2D eigenvalue weighted by Crippen LogP contribution is 2.30. The van der Waals surface area contributed by atoms with Crippen LogP contribution in [0, 0.1) is 13.8 Å². The Kier molecular flexibility index (Phi) is 3.76. The molecule has 0 saturated carbocycles. The lowest BCUT2D eigenvalue weighted by atomic mass is 10.1. The molecule has 6 nitrogen and oxygen atoms in total. The summed E-state index contributed by atoms with van der Waals surface area (Å²) in [5, 5.41) is -0.134. The molecule has 0 radical (unpaired) electrons. The number of hydrogen-bond acceptors (Lipinski definition) is 4. The maximum absolute atomic E-state index is 11.4. The summed E-state index contributed by atoms with van der Waals surface area (Å²) in [5.41, 5.74) is 6.52. The second kappa shape index (κ2) is 5.34. The van der Waals surface area contributed by atoms with Crippen molar-refractivity contribution in [3.63, 3.8) is 0 Å². The van der Waals surface area contributed by atoms with Crippen LogP contribution in [0.4, 0.5) is 0 Å². The summed E-state index contributed by atoms with van der Waals surface area (Å²) in [4.78, 5) is 28.8. The molecule has 0 fully saturated rings. The lowest BCUT2D eigenvalue weighted by Gasteiger charge is -2.12. The third-order valence-electron chi connectivity index (χ3n) is 2.71. The highest BCUT2D eigenvalue weighted by molar-refractivity contribution is 6.31. The van der Waals surface area contributed by atoms with Crippen LogP contribution in [-0.4, -0.2) is 15.9 Å². The van der Waals surface area contributed by atoms with Crippen LogP contribution in [0.25, 0.3) is 0 Å². The van der Waals surface area contributed by atoms with Crippen LogP contribution in [0.15, 0.2) is 23.3 Å². The van der Waals surface area contributed by atoms with Crippen LogP contribution in [0.1, 0.15) is 21.5 Å². The van der Waals surface area contributed by atoms with Gasteiger partial charge in [0, 0.05) is 5.56 Å². The van der Waals surface area contributed by atoms with Gasteiger partial charge < -0.3 is 15.5 Å². The van der Waals surface area contributed by atoms with Gasteiger partial charge in [0.1, 0.15) is 5.75 Å². The van der Waals surface area contributed by atoms with Crippen molar-refractivity contribution >= 4 is 17.5 Å². The van der Waals surface area contributed by atoms with Gasteiger partial charge in [-0.1, -0.05) is 11.6 Å². The predicted octanol–water partition coefficient (Wildman–Crippen LogP) is 1.93. The summed E-state index contributed by atoms with van der Waals surface area (Å²) < 4.78 is 5.57. The number of nitrogens with one attached hydrogen (secondary N) is 1. The summed E-state index contributed by atoms with van der Waals surface area (Å²) >= 11 is 5.82. The van der Waals surface area contributed by atoms with E-state index < -0.39 is 11.5 Å². The molecule has 1 aromatic carbocycles. The lowest BCUT2D eigenvalue weighted by molar-refractivity contribution is 0.1000. The number of aromatic amines is 1. The number of aryl methyl sites for hydroxylation is 2. The number of nitrogens with two attached hydrogens (primary N) is 1. The van der Waals surface area contributed by atoms with E-state index in [9.17, 15) is 9.59 Å². The molecule has 0 unspecified atom stereocenters. The summed E-state index contributed by atoms with van der Waals surface area (Å²) in [7, 11) is 0. The Hall–Kier alpha value is -2.34. The molecule has 0 atom stereocenters. The second-order valence-electron chi connectivity index (χ2n) is 4.26. The van der Waals surface area contributed by atoms with Gasteiger partial charge in [0.05, 0.1) is 6.33 Å². The topological polar surface area (TPSA) is 98.1 Å². The predicted molar refractivity (Wildman–Crippen MR) is 74.4 cm³/mol. The Balaban J connectivity index is 2.47. The summed E-state index contributed by atoms with van der Waals surface area (Å²) in [6.45, 7) is 3.52. The van der Waals surface area contributed by atoms with Gasteiger partial charge in [-0.3, -0.25) is 9.59 Å². The molecular weight excluding hydrogens is 282 g/mol. The molecule has 0 bridgehead atoms. The number of rotatable bonds is 3. The fourth-order valence-electron chi connectivity index (χ4n) is 1.79. The first kappa shape index (κ1) is 14.1. The van der Waals surface area contributed by atoms with Gasteiger partial charge in [0.2, 0.25) is 11.8 Å². The number of aromatic nitrogens is 2. The summed E-state index contributed by atoms with van der Waals surface area (Å²) in [6, 6.07) is 3.21. The van der Waals surface area contributed by atoms with Crippen LogP contribution in [0.5, 0.6) is 11.6 Å². The number of benzene rings is 1. The summed E-state index contributed by atoms with van der Waals surface area (Å²) in [6.07, 6.45) is 1.20. The average Bonchev–Trinajstić information content (AvgIpc) is 2.38. The molecule has 0 aliphatic rings. The Labute approximate surface area is 119 Å². The van der Waals surface area contributed by atoms with Gasteiger partial charge in [-0.2, -0.15) is 0 Å². The fraction of sp³-hybridized carbons (Fsp3) is 0.154. The molecule has 104 valence electrons. The number of carbonyl (C=O) groups excluding carboxylic acids is 1. The van der Waals surface area contributed by atoms with Gasteiger partial charge in [-0.25, -0.2) is 4.98 Å². The number of amides is 1. The minimum atomic E-state index is -0.518. The van der Waals surface area contributed by atoms with Gasteiger partial charge in [0.15, 0.2) is 5.02 Å². The smallest absolute Gasteiger partial charge is 0.273 e. The molecule has 2 aromatic rings. The molecule has 7 heteroatoms. The van der Waals surface area contributed by atoms with Crippen LogP contribution in [-0.2, 0) is 0 Å². The monoisotopic (exact) mass is 293 g/mol. The van der Waals surface area contributed by atoms with Crippen molar-refractivity contribution in [3.8, 4) is 11.6 Å². The van der Waals surface area contributed by atoms with Crippen molar-refractivity contribution in [2.24, 2.45) is 5.73 Å². The SMILES string of the molecule is Cc1cc(C(N)=O)cc(C)c1Oc1nc[nH]c(=O)c1Cl. The Morgan fingerprint density at radius 2 is 1.95 bits per heavy atom. The number of ether oxygens (including phenoxy) is 1. The van der Waals surface area contributed by atoms with Crippen molar-refractivity contribution in [2.75, 3.05) is 0 Å². The first-order valence-electron chi connectivity index (χ1n) is 5.72. The largest absolute Gasteiger partial charge is 0.437 e. The molecule has 20 heavy (non-hydrogen) atoms. The van der Waals surface area contributed by atoms with Crippen molar-refractivity contribution < 1.29 is 9.53 Å². The van der Waals surface area contributed by atoms with Crippen molar-refractivity contribution in [2.45, 2.75) is 13.8 Å². The molecule has 3 N–H and O–H groups in total. The molecule has 1 amide bonds. The number of H-pyrrole nitrogens is 1. The zero-order valence-corrected chi connectivity index (χ0v) is 11.6. The van der Waals surface area contributed by atoms with Gasteiger partial charge in [-0.15, -0.1) is 0 Å². The van der Waals surface area contributed by atoms with E-state index in [-0.39, 0.29) is 10.9 Å². The third-order valence-corrected chi connectivity index (χ3v) is 3.04. The third kappa shape index (κ3) is 2.65.